The summed E-state index contributed by atoms with van der Waals surface area (Å²) in [5, 5.41) is 11.2. The first-order valence-electron chi connectivity index (χ1n) is 14.5. The molecule has 0 radical (unpaired) electrons. The highest BCUT2D eigenvalue weighted by Crippen LogP contribution is 2.45. The van der Waals surface area contributed by atoms with Crippen LogP contribution in [0.5, 0.6) is 0 Å². The van der Waals surface area contributed by atoms with Gasteiger partial charge in [0.2, 0.25) is 0 Å². The van der Waals surface area contributed by atoms with Gasteiger partial charge < -0.3 is 19.8 Å². The Bertz CT molecular complexity index is 1290. The fourth-order valence-corrected chi connectivity index (χ4v) is 7.05. The summed E-state index contributed by atoms with van der Waals surface area (Å²) in [4.78, 5) is 33.0. The summed E-state index contributed by atoms with van der Waals surface area (Å²) in [5.41, 5.74) is -2.56. The average molecular weight is 607 g/mol. The van der Waals surface area contributed by atoms with Crippen LogP contribution in [-0.4, -0.2) is 97.2 Å². The van der Waals surface area contributed by atoms with Gasteiger partial charge in [-0.05, 0) is 62.3 Å². The second kappa shape index (κ2) is 11.7. The van der Waals surface area contributed by atoms with Gasteiger partial charge in [0.25, 0.3) is 17.4 Å². The van der Waals surface area contributed by atoms with Crippen LogP contribution in [0.15, 0.2) is 48.5 Å². The molecule has 3 aliphatic heterocycles. The number of likely N-dealkylation sites (tertiary alicyclic amines) is 2. The van der Waals surface area contributed by atoms with Gasteiger partial charge in [-0.2, -0.15) is 13.2 Å². The molecule has 42 heavy (non-hydrogen) atoms. The lowest BCUT2D eigenvalue weighted by Crippen LogP contribution is -2.58. The standard InChI is InChI=1S/C31H38ClF3N4O3/c1-36(2)27(40)25-9-8-24(20-26(25)32)37-15-10-23(11-16-37)39-19-14-29(21-39)12-17-38(18-13-29)28(41)30(42,31(33,34)35)22-6-4-3-5-7-22/h3-9,20,23,42H,10-19,21H2,1-2H3. The number of aliphatic hydroxyl groups is 1. The van der Waals surface area contributed by atoms with Gasteiger partial charge in [-0.25, -0.2) is 0 Å². The van der Waals surface area contributed by atoms with E-state index in [4.69, 9.17) is 11.6 Å². The molecule has 0 aliphatic carbocycles. The van der Waals surface area contributed by atoms with Crippen LogP contribution in [-0.2, 0) is 10.4 Å². The first kappa shape index (κ1) is 30.6. The van der Waals surface area contributed by atoms with Crippen LogP contribution in [0.25, 0.3) is 0 Å². The van der Waals surface area contributed by atoms with Crippen LogP contribution >= 0.6 is 11.6 Å². The number of alkyl halides is 3. The van der Waals surface area contributed by atoms with Gasteiger partial charge in [0.1, 0.15) is 0 Å². The van der Waals surface area contributed by atoms with E-state index in [9.17, 15) is 27.9 Å². The molecule has 228 valence electrons. The monoisotopic (exact) mass is 606 g/mol. The highest BCUT2D eigenvalue weighted by molar-refractivity contribution is 6.34. The number of halogens is 4. The van der Waals surface area contributed by atoms with Crippen molar-refractivity contribution in [1.82, 2.24) is 14.7 Å². The SMILES string of the molecule is CN(C)C(=O)c1ccc(N2CCC(N3CCC4(CCN(C(=O)C(O)(c5ccccc5)C(F)(F)F)CC4)C3)CC2)cc1Cl. The molecule has 5 rings (SSSR count). The molecular weight excluding hydrogens is 569 g/mol. The lowest BCUT2D eigenvalue weighted by Gasteiger charge is -2.43. The van der Waals surface area contributed by atoms with Gasteiger partial charge in [0.05, 0.1) is 10.6 Å². The van der Waals surface area contributed by atoms with Crippen molar-refractivity contribution in [1.29, 1.82) is 0 Å². The third-order valence-corrected chi connectivity index (χ3v) is 9.74. The van der Waals surface area contributed by atoms with Gasteiger partial charge in [0, 0.05) is 64.1 Å². The zero-order valence-corrected chi connectivity index (χ0v) is 24.8. The average Bonchev–Trinajstić information content (AvgIpc) is 3.39. The fraction of sp³-hybridized carbons (Fsp3) is 0.548. The summed E-state index contributed by atoms with van der Waals surface area (Å²) < 4.78 is 42.2. The summed E-state index contributed by atoms with van der Waals surface area (Å²) in [6, 6.07) is 12.6. The van der Waals surface area contributed by atoms with Crippen molar-refractivity contribution >= 4 is 29.1 Å². The van der Waals surface area contributed by atoms with Gasteiger partial charge in [-0.1, -0.05) is 41.9 Å². The molecule has 3 heterocycles. The zero-order chi connectivity index (χ0) is 30.3. The molecule has 3 saturated heterocycles. The van der Waals surface area contributed by atoms with Crippen molar-refractivity contribution in [2.45, 2.75) is 49.9 Å². The molecule has 1 atom stereocenters. The van der Waals surface area contributed by atoms with E-state index in [0.717, 1.165) is 63.3 Å². The predicted molar refractivity (Wildman–Crippen MR) is 156 cm³/mol. The number of benzene rings is 2. The lowest BCUT2D eigenvalue weighted by atomic mass is 9.77. The van der Waals surface area contributed by atoms with E-state index in [2.05, 4.69) is 9.80 Å². The Balaban J connectivity index is 1.16. The van der Waals surface area contributed by atoms with Crippen LogP contribution in [0.3, 0.4) is 0 Å². The third-order valence-electron chi connectivity index (χ3n) is 9.43. The van der Waals surface area contributed by atoms with Crippen LogP contribution in [0.1, 0.15) is 48.0 Å². The minimum absolute atomic E-state index is 0.0284. The van der Waals surface area contributed by atoms with Crippen molar-refractivity contribution in [3.8, 4) is 0 Å². The molecule has 1 spiro atoms. The maximum absolute atomic E-state index is 14.1. The maximum atomic E-state index is 14.1. The van der Waals surface area contributed by atoms with E-state index < -0.39 is 23.2 Å². The Hall–Kier alpha value is -2.82. The molecular formula is C31H38ClF3N4O3. The van der Waals surface area contributed by atoms with Gasteiger partial charge in [0.15, 0.2) is 0 Å². The van der Waals surface area contributed by atoms with Gasteiger partial charge >= 0.3 is 6.18 Å². The summed E-state index contributed by atoms with van der Waals surface area (Å²) in [6.07, 6.45) is -0.982. The molecule has 11 heteroatoms. The summed E-state index contributed by atoms with van der Waals surface area (Å²) in [6.45, 7) is 3.93. The van der Waals surface area contributed by atoms with E-state index in [1.54, 1.807) is 26.2 Å². The van der Waals surface area contributed by atoms with E-state index >= 15 is 0 Å². The molecule has 0 bridgehead atoms. The Labute approximate surface area is 249 Å². The summed E-state index contributed by atoms with van der Waals surface area (Å²) >= 11 is 6.43. The number of nitrogens with zero attached hydrogens (tertiary/aromatic N) is 4. The Morgan fingerprint density at radius 3 is 2.14 bits per heavy atom. The lowest BCUT2D eigenvalue weighted by molar-refractivity contribution is -0.262. The van der Waals surface area contributed by atoms with Crippen molar-refractivity contribution < 1.29 is 27.9 Å². The molecule has 2 aromatic rings. The van der Waals surface area contributed by atoms with Crippen molar-refractivity contribution in [3.63, 3.8) is 0 Å². The predicted octanol–water partition coefficient (Wildman–Crippen LogP) is 4.78. The normalized spacial score (nSPS) is 21.4. The zero-order valence-electron chi connectivity index (χ0n) is 24.0. The molecule has 7 nitrogen and oxygen atoms in total. The number of hydrogen-bond acceptors (Lipinski definition) is 5. The third kappa shape index (κ3) is 5.73. The maximum Gasteiger partial charge on any atom is 0.430 e. The van der Waals surface area contributed by atoms with Crippen LogP contribution in [0, 0.1) is 5.41 Å². The number of rotatable bonds is 5. The smallest absolute Gasteiger partial charge is 0.371 e. The highest BCUT2D eigenvalue weighted by Gasteiger charge is 2.62. The molecule has 3 aliphatic rings. The Morgan fingerprint density at radius 2 is 1.57 bits per heavy atom. The van der Waals surface area contributed by atoms with E-state index in [1.165, 1.54) is 21.9 Å². The highest BCUT2D eigenvalue weighted by atomic mass is 35.5. The Morgan fingerprint density at radius 1 is 0.952 bits per heavy atom. The fourth-order valence-electron chi connectivity index (χ4n) is 6.79. The number of hydrogen-bond donors (Lipinski definition) is 1. The van der Waals surface area contributed by atoms with Crippen molar-refractivity contribution in [2.24, 2.45) is 5.41 Å². The van der Waals surface area contributed by atoms with E-state index in [0.29, 0.717) is 29.5 Å². The molecule has 1 N–H and O–H groups in total. The van der Waals surface area contributed by atoms with Gasteiger partial charge in [-0.3, -0.25) is 14.5 Å². The molecule has 3 fully saturated rings. The quantitative estimate of drug-likeness (QED) is 0.531. The largest absolute Gasteiger partial charge is 0.430 e. The van der Waals surface area contributed by atoms with Crippen LogP contribution < -0.4 is 4.90 Å². The summed E-state index contributed by atoms with van der Waals surface area (Å²) in [5.74, 6) is -1.42. The number of piperidine rings is 2. The first-order valence-corrected chi connectivity index (χ1v) is 14.9. The molecule has 0 aromatic heterocycles. The summed E-state index contributed by atoms with van der Waals surface area (Å²) in [7, 11) is 3.39. The minimum atomic E-state index is -5.13. The molecule has 2 amide bonds. The molecule has 0 saturated carbocycles. The first-order chi connectivity index (χ1) is 19.8. The van der Waals surface area contributed by atoms with Crippen molar-refractivity contribution in [3.05, 3.63) is 64.7 Å². The van der Waals surface area contributed by atoms with Crippen LogP contribution in [0.2, 0.25) is 5.02 Å². The Kier molecular flexibility index (Phi) is 8.53. The minimum Gasteiger partial charge on any atom is -0.371 e. The topological polar surface area (TPSA) is 67.3 Å². The van der Waals surface area contributed by atoms with Gasteiger partial charge in [-0.15, -0.1) is 0 Å². The van der Waals surface area contributed by atoms with E-state index in [-0.39, 0.29) is 24.4 Å². The number of carbonyl (C=O) groups excluding carboxylic acids is 2. The number of carbonyl (C=O) groups is 2. The molecule has 2 aromatic carbocycles. The number of amides is 2. The van der Waals surface area contributed by atoms with Crippen molar-refractivity contribution in [2.75, 3.05) is 58.3 Å². The second-order valence-electron chi connectivity index (χ2n) is 12.2. The van der Waals surface area contributed by atoms with Crippen LogP contribution in [0.4, 0.5) is 18.9 Å². The molecule has 1 unspecified atom stereocenters. The number of anilines is 1. The van der Waals surface area contributed by atoms with E-state index in [1.807, 2.05) is 12.1 Å². The second-order valence-corrected chi connectivity index (χ2v) is 12.6.